The van der Waals surface area contributed by atoms with Crippen LogP contribution in [0.5, 0.6) is 0 Å². The normalized spacial score (nSPS) is 12.1. The van der Waals surface area contributed by atoms with E-state index in [1.807, 2.05) is 74.5 Å². The lowest BCUT2D eigenvalue weighted by molar-refractivity contribution is -0.122. The van der Waals surface area contributed by atoms with Crippen LogP contribution in [0.3, 0.4) is 0 Å². The molecule has 1 atom stereocenters. The molecule has 0 radical (unpaired) electrons. The van der Waals surface area contributed by atoms with Crippen molar-refractivity contribution < 1.29 is 4.79 Å². The lowest BCUT2D eigenvalue weighted by Crippen LogP contribution is -2.34. The van der Waals surface area contributed by atoms with Gasteiger partial charge in [0.25, 0.3) is 5.56 Å². The van der Waals surface area contributed by atoms with E-state index in [4.69, 9.17) is 0 Å². The number of hydrogen-bond acceptors (Lipinski definition) is 4. The summed E-state index contributed by atoms with van der Waals surface area (Å²) in [6, 6.07) is 19.8. The van der Waals surface area contributed by atoms with Crippen LogP contribution >= 0.6 is 11.3 Å². The molecular formula is C24H23N3O2S. The Labute approximate surface area is 179 Å². The Hall–Kier alpha value is -3.25. The standard InChI is InChI=1S/C24H23N3O2S/c1-3-20(17-11-9-16(2)10-12-17)26-22(28)14-27-15-25-23-19(24(27)29)13-21(30-23)18-7-5-4-6-8-18/h4-13,15,20H,3,14H2,1-2H3,(H,26,28)/t20-/m1/s1. The highest BCUT2D eigenvalue weighted by Crippen LogP contribution is 2.30. The number of thiophene rings is 1. The summed E-state index contributed by atoms with van der Waals surface area (Å²) in [7, 11) is 0. The van der Waals surface area contributed by atoms with Gasteiger partial charge in [0.05, 0.1) is 17.8 Å². The predicted molar refractivity (Wildman–Crippen MR) is 122 cm³/mol. The second-order valence-electron chi connectivity index (χ2n) is 7.31. The lowest BCUT2D eigenvalue weighted by Gasteiger charge is -2.18. The molecule has 4 aromatic rings. The summed E-state index contributed by atoms with van der Waals surface area (Å²) in [5, 5.41) is 3.57. The van der Waals surface area contributed by atoms with Gasteiger partial charge in [0.1, 0.15) is 11.4 Å². The van der Waals surface area contributed by atoms with Gasteiger partial charge in [0.2, 0.25) is 5.91 Å². The molecule has 0 saturated heterocycles. The Bertz CT molecular complexity index is 1230. The maximum absolute atomic E-state index is 12.9. The average molecular weight is 418 g/mol. The second-order valence-corrected chi connectivity index (χ2v) is 8.34. The third-order valence-electron chi connectivity index (χ3n) is 5.11. The minimum absolute atomic E-state index is 0.0549. The van der Waals surface area contributed by atoms with Gasteiger partial charge in [-0.2, -0.15) is 0 Å². The van der Waals surface area contributed by atoms with Gasteiger partial charge in [-0.1, -0.05) is 67.1 Å². The van der Waals surface area contributed by atoms with Crippen molar-refractivity contribution in [2.45, 2.75) is 32.9 Å². The fourth-order valence-electron chi connectivity index (χ4n) is 3.43. The third-order valence-corrected chi connectivity index (χ3v) is 6.21. The van der Waals surface area contributed by atoms with Gasteiger partial charge in [0, 0.05) is 4.88 Å². The Balaban J connectivity index is 1.54. The van der Waals surface area contributed by atoms with E-state index in [0.29, 0.717) is 10.2 Å². The summed E-state index contributed by atoms with van der Waals surface area (Å²) in [5.41, 5.74) is 3.09. The molecule has 0 spiro atoms. The minimum atomic E-state index is -0.204. The van der Waals surface area contributed by atoms with Crippen molar-refractivity contribution in [1.82, 2.24) is 14.9 Å². The average Bonchev–Trinajstić information content (AvgIpc) is 3.21. The minimum Gasteiger partial charge on any atom is -0.348 e. The number of carbonyl (C=O) groups is 1. The first-order valence-corrected chi connectivity index (χ1v) is 10.8. The number of aryl methyl sites for hydroxylation is 1. The van der Waals surface area contributed by atoms with Crippen LogP contribution in [-0.2, 0) is 11.3 Å². The zero-order valence-electron chi connectivity index (χ0n) is 17.0. The number of benzene rings is 2. The molecule has 0 aliphatic carbocycles. The van der Waals surface area contributed by atoms with Crippen molar-refractivity contribution in [2.75, 3.05) is 0 Å². The van der Waals surface area contributed by atoms with E-state index < -0.39 is 0 Å². The molecule has 6 heteroatoms. The van der Waals surface area contributed by atoms with Crippen molar-refractivity contribution in [3.8, 4) is 10.4 Å². The summed E-state index contributed by atoms with van der Waals surface area (Å²) in [6.07, 6.45) is 2.23. The van der Waals surface area contributed by atoms with Crippen molar-refractivity contribution in [3.63, 3.8) is 0 Å². The van der Waals surface area contributed by atoms with E-state index in [1.165, 1.54) is 27.8 Å². The Morgan fingerprint density at radius 2 is 1.87 bits per heavy atom. The summed E-state index contributed by atoms with van der Waals surface area (Å²) in [6.45, 7) is 4.01. The number of amides is 1. The first kappa shape index (κ1) is 20.0. The zero-order chi connectivity index (χ0) is 21.1. The number of carbonyl (C=O) groups excluding carboxylic acids is 1. The molecule has 2 heterocycles. The van der Waals surface area contributed by atoms with E-state index in [2.05, 4.69) is 10.3 Å². The molecule has 0 bridgehead atoms. The smallest absolute Gasteiger partial charge is 0.262 e. The Kier molecular flexibility index (Phi) is 5.77. The first-order valence-electron chi connectivity index (χ1n) is 9.95. The van der Waals surface area contributed by atoms with E-state index >= 15 is 0 Å². The van der Waals surface area contributed by atoms with Crippen LogP contribution in [0.1, 0.15) is 30.5 Å². The van der Waals surface area contributed by atoms with Crippen LogP contribution in [0.2, 0.25) is 0 Å². The van der Waals surface area contributed by atoms with Gasteiger partial charge in [0.15, 0.2) is 0 Å². The molecule has 0 unspecified atom stereocenters. The number of rotatable bonds is 6. The summed E-state index contributed by atoms with van der Waals surface area (Å²) >= 11 is 1.48. The van der Waals surface area contributed by atoms with Crippen LogP contribution in [0.15, 0.2) is 71.8 Å². The molecule has 5 nitrogen and oxygen atoms in total. The van der Waals surface area contributed by atoms with Gasteiger partial charge in [-0.15, -0.1) is 11.3 Å². The molecule has 0 aliphatic heterocycles. The SMILES string of the molecule is CC[C@@H](NC(=O)Cn1cnc2sc(-c3ccccc3)cc2c1=O)c1ccc(C)cc1. The highest BCUT2D eigenvalue weighted by Gasteiger charge is 2.15. The maximum atomic E-state index is 12.9. The van der Waals surface area contributed by atoms with E-state index in [-0.39, 0.29) is 24.1 Å². The van der Waals surface area contributed by atoms with Crippen molar-refractivity contribution >= 4 is 27.5 Å². The molecule has 1 amide bonds. The lowest BCUT2D eigenvalue weighted by atomic mass is 10.0. The Morgan fingerprint density at radius 3 is 2.57 bits per heavy atom. The van der Waals surface area contributed by atoms with Crippen LogP contribution in [0, 0.1) is 6.92 Å². The molecule has 0 fully saturated rings. The number of nitrogens with zero attached hydrogens (tertiary/aromatic N) is 2. The molecule has 4 rings (SSSR count). The molecule has 152 valence electrons. The summed E-state index contributed by atoms with van der Waals surface area (Å²) in [5.74, 6) is -0.204. The third kappa shape index (κ3) is 4.19. The second kappa shape index (κ2) is 8.63. The van der Waals surface area contributed by atoms with Crippen LogP contribution < -0.4 is 10.9 Å². The molecule has 2 aromatic carbocycles. The monoisotopic (exact) mass is 417 g/mol. The molecule has 2 aromatic heterocycles. The highest BCUT2D eigenvalue weighted by atomic mass is 32.1. The van der Waals surface area contributed by atoms with Gasteiger partial charge in [-0.05, 0) is 30.5 Å². The van der Waals surface area contributed by atoms with Gasteiger partial charge < -0.3 is 5.32 Å². The van der Waals surface area contributed by atoms with Gasteiger partial charge >= 0.3 is 0 Å². The van der Waals surface area contributed by atoms with E-state index in [1.54, 1.807) is 0 Å². The number of nitrogens with one attached hydrogen (secondary N) is 1. The van der Waals surface area contributed by atoms with Crippen LogP contribution in [0.25, 0.3) is 20.7 Å². The topological polar surface area (TPSA) is 64.0 Å². The highest BCUT2D eigenvalue weighted by molar-refractivity contribution is 7.21. The van der Waals surface area contributed by atoms with Gasteiger partial charge in [-0.3, -0.25) is 14.2 Å². The van der Waals surface area contributed by atoms with E-state index in [0.717, 1.165) is 22.4 Å². The van der Waals surface area contributed by atoms with Crippen molar-refractivity contribution in [2.24, 2.45) is 0 Å². The summed E-state index contributed by atoms with van der Waals surface area (Å²) < 4.78 is 1.38. The fraction of sp³-hybridized carbons (Fsp3) is 0.208. The Morgan fingerprint density at radius 1 is 1.13 bits per heavy atom. The van der Waals surface area contributed by atoms with Crippen molar-refractivity contribution in [1.29, 1.82) is 0 Å². The van der Waals surface area contributed by atoms with Crippen LogP contribution in [0.4, 0.5) is 0 Å². The number of aromatic nitrogens is 2. The summed E-state index contributed by atoms with van der Waals surface area (Å²) in [4.78, 5) is 31.6. The number of fused-ring (bicyclic) bond motifs is 1. The molecule has 1 N–H and O–H groups in total. The van der Waals surface area contributed by atoms with E-state index in [9.17, 15) is 9.59 Å². The molecule has 0 aliphatic rings. The van der Waals surface area contributed by atoms with Gasteiger partial charge in [-0.25, -0.2) is 4.98 Å². The largest absolute Gasteiger partial charge is 0.348 e. The predicted octanol–water partition coefficient (Wildman–Crippen LogP) is 4.70. The molecule has 30 heavy (non-hydrogen) atoms. The van der Waals surface area contributed by atoms with Crippen LogP contribution in [-0.4, -0.2) is 15.5 Å². The molecular weight excluding hydrogens is 394 g/mol. The first-order chi connectivity index (χ1) is 14.5. The number of hydrogen-bond donors (Lipinski definition) is 1. The zero-order valence-corrected chi connectivity index (χ0v) is 17.8. The molecule has 0 saturated carbocycles. The quantitative estimate of drug-likeness (QED) is 0.495. The van der Waals surface area contributed by atoms with Crippen molar-refractivity contribution in [3.05, 3.63) is 88.5 Å². The maximum Gasteiger partial charge on any atom is 0.262 e. The fourth-order valence-corrected chi connectivity index (χ4v) is 4.43.